The van der Waals surface area contributed by atoms with Crippen LogP contribution in [0.2, 0.25) is 0 Å². The van der Waals surface area contributed by atoms with E-state index in [4.69, 9.17) is 14.5 Å². The molecule has 0 radical (unpaired) electrons. The molecule has 0 saturated heterocycles. The molecule has 1 aromatic heterocycles. The number of benzene rings is 3. The first kappa shape index (κ1) is 17.8. The Morgan fingerprint density at radius 1 is 1.04 bits per heavy atom. The highest BCUT2D eigenvalue weighted by Gasteiger charge is 2.13. The van der Waals surface area contributed by atoms with Gasteiger partial charge >= 0.3 is 0 Å². The topological polar surface area (TPSA) is 71.5 Å². The van der Waals surface area contributed by atoms with Crippen LogP contribution in [0.1, 0.15) is 17.3 Å². The number of hydrogen-bond acceptors (Lipinski definition) is 5. The van der Waals surface area contributed by atoms with Crippen molar-refractivity contribution in [3.8, 4) is 22.8 Å². The molecule has 0 unspecified atom stereocenters. The summed E-state index contributed by atoms with van der Waals surface area (Å²) in [4.78, 5) is 16.6. The molecule has 0 atom stereocenters. The van der Waals surface area contributed by atoms with Gasteiger partial charge < -0.3 is 19.4 Å². The third-order valence-corrected chi connectivity index (χ3v) is 4.68. The third-order valence-electron chi connectivity index (χ3n) is 4.68. The summed E-state index contributed by atoms with van der Waals surface area (Å²) in [6.45, 7) is 2.38. The van der Waals surface area contributed by atoms with Gasteiger partial charge in [-0.3, -0.25) is 0 Å². The normalized spacial score (nSPS) is 10.9. The molecular formula is C23H18NO4-. The van der Waals surface area contributed by atoms with E-state index in [2.05, 4.69) is 0 Å². The lowest BCUT2D eigenvalue weighted by Gasteiger charge is -2.14. The number of aromatic nitrogens is 1. The van der Waals surface area contributed by atoms with E-state index in [0.29, 0.717) is 34.7 Å². The number of carboxylic acid groups (broad SMARTS) is 1. The Labute approximate surface area is 162 Å². The fourth-order valence-corrected chi connectivity index (χ4v) is 3.42. The van der Waals surface area contributed by atoms with E-state index in [1.807, 2.05) is 49.4 Å². The van der Waals surface area contributed by atoms with Gasteiger partial charge in [0, 0.05) is 16.5 Å². The van der Waals surface area contributed by atoms with Crippen molar-refractivity contribution in [2.45, 2.75) is 6.92 Å². The SMILES string of the molecule is CCOc1cc(-c2cc(C(=O)[O-])c3c(ccc4ccccc43)n2)ccc1OC. The number of rotatable bonds is 5. The van der Waals surface area contributed by atoms with Crippen molar-refractivity contribution >= 4 is 27.6 Å². The lowest BCUT2D eigenvalue weighted by molar-refractivity contribution is -0.254. The Balaban J connectivity index is 1.98. The Kier molecular flexibility index (Phi) is 4.57. The van der Waals surface area contributed by atoms with E-state index >= 15 is 0 Å². The predicted octanol–water partition coefficient (Wildman–Crippen LogP) is 3.83. The fraction of sp³-hybridized carbons (Fsp3) is 0.130. The molecule has 0 fully saturated rings. The smallest absolute Gasteiger partial charge is 0.161 e. The highest BCUT2D eigenvalue weighted by Crippen LogP contribution is 2.34. The van der Waals surface area contributed by atoms with Crippen molar-refractivity contribution in [3.63, 3.8) is 0 Å². The number of pyridine rings is 1. The van der Waals surface area contributed by atoms with Crippen LogP contribution in [0.15, 0.2) is 60.7 Å². The van der Waals surface area contributed by atoms with Crippen molar-refractivity contribution in [3.05, 3.63) is 66.2 Å². The second-order valence-corrected chi connectivity index (χ2v) is 6.32. The number of aromatic carboxylic acids is 1. The van der Waals surface area contributed by atoms with Gasteiger partial charge in [0.1, 0.15) is 0 Å². The zero-order valence-corrected chi connectivity index (χ0v) is 15.6. The highest BCUT2D eigenvalue weighted by molar-refractivity contribution is 6.15. The van der Waals surface area contributed by atoms with Crippen LogP contribution in [-0.4, -0.2) is 24.7 Å². The summed E-state index contributed by atoms with van der Waals surface area (Å²) < 4.78 is 11.0. The van der Waals surface area contributed by atoms with E-state index in [1.54, 1.807) is 25.3 Å². The molecular weight excluding hydrogens is 354 g/mol. The van der Waals surface area contributed by atoms with Crippen LogP contribution in [-0.2, 0) is 0 Å². The first-order chi connectivity index (χ1) is 13.6. The molecule has 0 aliphatic heterocycles. The fourth-order valence-electron chi connectivity index (χ4n) is 3.42. The van der Waals surface area contributed by atoms with E-state index in [9.17, 15) is 9.90 Å². The molecule has 0 amide bonds. The molecule has 28 heavy (non-hydrogen) atoms. The quantitative estimate of drug-likeness (QED) is 0.498. The highest BCUT2D eigenvalue weighted by atomic mass is 16.5. The van der Waals surface area contributed by atoms with Gasteiger partial charge in [-0.25, -0.2) is 4.98 Å². The molecule has 0 N–H and O–H groups in total. The number of ether oxygens (including phenoxy) is 2. The molecule has 140 valence electrons. The summed E-state index contributed by atoms with van der Waals surface area (Å²) in [5.41, 5.74) is 1.99. The molecule has 4 aromatic rings. The molecule has 0 spiro atoms. The van der Waals surface area contributed by atoms with Crippen LogP contribution in [0, 0.1) is 0 Å². The van der Waals surface area contributed by atoms with Crippen molar-refractivity contribution in [1.29, 1.82) is 0 Å². The summed E-state index contributed by atoms with van der Waals surface area (Å²) in [6.07, 6.45) is 0. The summed E-state index contributed by atoms with van der Waals surface area (Å²) in [7, 11) is 1.57. The molecule has 1 heterocycles. The van der Waals surface area contributed by atoms with E-state index in [1.165, 1.54) is 0 Å². The number of carboxylic acids is 1. The number of nitrogens with zero attached hydrogens (tertiary/aromatic N) is 1. The maximum atomic E-state index is 11.9. The monoisotopic (exact) mass is 372 g/mol. The number of fused-ring (bicyclic) bond motifs is 3. The standard InChI is InChI=1S/C23H19NO4/c1-3-28-21-12-15(9-11-20(21)27-2)19-13-17(23(25)26)22-16-7-5-4-6-14(16)8-10-18(22)24-19/h4-13H,3H2,1-2H3,(H,25,26)/p-1. The van der Waals surface area contributed by atoms with Crippen LogP contribution in [0.5, 0.6) is 11.5 Å². The lowest BCUT2D eigenvalue weighted by Crippen LogP contribution is -2.23. The van der Waals surface area contributed by atoms with Gasteiger partial charge in [0.25, 0.3) is 0 Å². The van der Waals surface area contributed by atoms with Crippen LogP contribution < -0.4 is 14.6 Å². The molecule has 0 saturated carbocycles. The van der Waals surface area contributed by atoms with Crippen molar-refractivity contribution in [2.24, 2.45) is 0 Å². The van der Waals surface area contributed by atoms with Gasteiger partial charge in [-0.1, -0.05) is 30.3 Å². The molecule has 0 aliphatic carbocycles. The third kappa shape index (κ3) is 3.01. The Morgan fingerprint density at radius 3 is 2.61 bits per heavy atom. The Morgan fingerprint density at radius 2 is 1.86 bits per heavy atom. The lowest BCUT2D eigenvalue weighted by atomic mass is 9.98. The van der Waals surface area contributed by atoms with E-state index in [-0.39, 0.29) is 5.56 Å². The van der Waals surface area contributed by atoms with Crippen molar-refractivity contribution in [2.75, 3.05) is 13.7 Å². The summed E-state index contributed by atoms with van der Waals surface area (Å²) in [5, 5.41) is 14.3. The molecule has 5 heteroatoms. The molecule has 0 bridgehead atoms. The summed E-state index contributed by atoms with van der Waals surface area (Å²) in [5.74, 6) is -0.0426. The average Bonchev–Trinajstić information content (AvgIpc) is 2.72. The number of hydrogen-bond donors (Lipinski definition) is 0. The van der Waals surface area contributed by atoms with E-state index in [0.717, 1.165) is 16.3 Å². The molecule has 4 rings (SSSR count). The van der Waals surface area contributed by atoms with Crippen LogP contribution in [0.25, 0.3) is 32.9 Å². The zero-order valence-electron chi connectivity index (χ0n) is 15.6. The number of carbonyl (C=O) groups is 1. The van der Waals surface area contributed by atoms with Crippen molar-refractivity contribution < 1.29 is 19.4 Å². The first-order valence-corrected chi connectivity index (χ1v) is 8.97. The zero-order chi connectivity index (χ0) is 19.7. The van der Waals surface area contributed by atoms with Crippen LogP contribution in [0.3, 0.4) is 0 Å². The minimum absolute atomic E-state index is 0.116. The number of carbonyl (C=O) groups excluding carboxylic acids is 1. The molecule has 3 aromatic carbocycles. The maximum absolute atomic E-state index is 11.9. The van der Waals surface area contributed by atoms with Gasteiger partial charge in [-0.2, -0.15) is 0 Å². The van der Waals surface area contributed by atoms with E-state index < -0.39 is 5.97 Å². The largest absolute Gasteiger partial charge is 0.545 e. The van der Waals surface area contributed by atoms with Gasteiger partial charge in [-0.05, 0) is 48.0 Å². The molecule has 0 aliphatic rings. The Hall–Kier alpha value is -3.60. The second kappa shape index (κ2) is 7.19. The first-order valence-electron chi connectivity index (χ1n) is 8.97. The van der Waals surface area contributed by atoms with Gasteiger partial charge in [0.2, 0.25) is 0 Å². The van der Waals surface area contributed by atoms with Gasteiger partial charge in [0.05, 0.1) is 30.9 Å². The van der Waals surface area contributed by atoms with Gasteiger partial charge in [-0.15, -0.1) is 0 Å². The van der Waals surface area contributed by atoms with Crippen molar-refractivity contribution in [1.82, 2.24) is 4.98 Å². The Bertz CT molecular complexity index is 1200. The maximum Gasteiger partial charge on any atom is 0.161 e. The average molecular weight is 372 g/mol. The summed E-state index contributed by atoms with van der Waals surface area (Å²) >= 11 is 0. The predicted molar refractivity (Wildman–Crippen MR) is 107 cm³/mol. The minimum atomic E-state index is -1.23. The minimum Gasteiger partial charge on any atom is -0.545 e. The molecule has 5 nitrogen and oxygen atoms in total. The summed E-state index contributed by atoms with van der Waals surface area (Å²) in [6, 6.07) is 18.4. The van der Waals surface area contributed by atoms with Gasteiger partial charge in [0.15, 0.2) is 11.5 Å². The van der Waals surface area contributed by atoms with Crippen LogP contribution >= 0.6 is 0 Å². The second-order valence-electron chi connectivity index (χ2n) is 6.32. The van der Waals surface area contributed by atoms with Crippen LogP contribution in [0.4, 0.5) is 0 Å². The number of methoxy groups -OCH3 is 1.